The van der Waals surface area contributed by atoms with E-state index < -0.39 is 0 Å². The zero-order valence-electron chi connectivity index (χ0n) is 8.08. The Labute approximate surface area is 96.5 Å². The van der Waals surface area contributed by atoms with Crippen LogP contribution in [-0.4, -0.2) is 18.0 Å². The number of rotatable bonds is 2. The molecule has 78 valence electrons. The standard InChI is InChI=1S/C11H14ClN.ClH/c12-11-5-3-10(4-6-11)9-13-7-1-2-8-13;/h3-6H,1-2,7-9H2;1H. The van der Waals surface area contributed by atoms with Gasteiger partial charge >= 0.3 is 0 Å². The minimum absolute atomic E-state index is 0. The molecule has 1 aromatic carbocycles. The van der Waals surface area contributed by atoms with Gasteiger partial charge in [-0.2, -0.15) is 0 Å². The first-order valence-corrected chi connectivity index (χ1v) is 5.19. The molecule has 1 aliphatic rings. The molecule has 3 heteroatoms. The van der Waals surface area contributed by atoms with E-state index in [1.807, 2.05) is 12.1 Å². The summed E-state index contributed by atoms with van der Waals surface area (Å²) in [4.78, 5) is 2.49. The molecule has 1 aliphatic heterocycles. The van der Waals surface area contributed by atoms with Crippen LogP contribution in [0.5, 0.6) is 0 Å². The fourth-order valence-electron chi connectivity index (χ4n) is 1.79. The van der Waals surface area contributed by atoms with Gasteiger partial charge < -0.3 is 0 Å². The lowest BCUT2D eigenvalue weighted by atomic mass is 10.2. The van der Waals surface area contributed by atoms with Gasteiger partial charge in [0.1, 0.15) is 0 Å². The summed E-state index contributed by atoms with van der Waals surface area (Å²) in [5.41, 5.74) is 1.37. The fraction of sp³-hybridized carbons (Fsp3) is 0.455. The van der Waals surface area contributed by atoms with E-state index in [1.54, 1.807) is 0 Å². The van der Waals surface area contributed by atoms with Crippen LogP contribution in [0.15, 0.2) is 24.3 Å². The average molecular weight is 232 g/mol. The van der Waals surface area contributed by atoms with E-state index in [9.17, 15) is 0 Å². The van der Waals surface area contributed by atoms with Crippen molar-refractivity contribution in [3.05, 3.63) is 34.9 Å². The minimum Gasteiger partial charge on any atom is -0.299 e. The van der Waals surface area contributed by atoms with Gasteiger partial charge in [-0.05, 0) is 43.6 Å². The molecule has 0 unspecified atom stereocenters. The highest BCUT2D eigenvalue weighted by Gasteiger charge is 2.10. The van der Waals surface area contributed by atoms with Crippen molar-refractivity contribution < 1.29 is 0 Å². The van der Waals surface area contributed by atoms with E-state index in [2.05, 4.69) is 17.0 Å². The third-order valence-electron chi connectivity index (χ3n) is 2.52. The molecule has 1 nitrogen and oxygen atoms in total. The molecule has 0 bridgehead atoms. The van der Waals surface area contributed by atoms with Gasteiger partial charge in [-0.25, -0.2) is 0 Å². The monoisotopic (exact) mass is 231 g/mol. The smallest absolute Gasteiger partial charge is 0.0406 e. The zero-order valence-corrected chi connectivity index (χ0v) is 9.65. The number of likely N-dealkylation sites (tertiary alicyclic amines) is 1. The van der Waals surface area contributed by atoms with Gasteiger partial charge in [0, 0.05) is 11.6 Å². The van der Waals surface area contributed by atoms with Crippen LogP contribution < -0.4 is 0 Å². The summed E-state index contributed by atoms with van der Waals surface area (Å²) >= 11 is 5.81. The second-order valence-corrected chi connectivity index (χ2v) is 4.05. The summed E-state index contributed by atoms with van der Waals surface area (Å²) in [5, 5.41) is 0.824. The van der Waals surface area contributed by atoms with Crippen LogP contribution in [-0.2, 0) is 6.54 Å². The predicted molar refractivity (Wildman–Crippen MR) is 63.2 cm³/mol. The van der Waals surface area contributed by atoms with Crippen LogP contribution in [0.1, 0.15) is 18.4 Å². The van der Waals surface area contributed by atoms with Crippen molar-refractivity contribution >= 4 is 24.0 Å². The molecule has 1 heterocycles. The number of nitrogens with zero attached hydrogens (tertiary/aromatic N) is 1. The van der Waals surface area contributed by atoms with Crippen molar-refractivity contribution in [2.24, 2.45) is 0 Å². The Bertz CT molecular complexity index is 265. The lowest BCUT2D eigenvalue weighted by Crippen LogP contribution is -2.18. The highest BCUT2D eigenvalue weighted by Crippen LogP contribution is 2.14. The molecule has 1 aromatic rings. The van der Waals surface area contributed by atoms with Gasteiger partial charge in [0.05, 0.1) is 0 Å². The number of hydrogen-bond donors (Lipinski definition) is 0. The van der Waals surface area contributed by atoms with Crippen LogP contribution in [0.4, 0.5) is 0 Å². The van der Waals surface area contributed by atoms with Gasteiger partial charge in [0.15, 0.2) is 0 Å². The summed E-state index contributed by atoms with van der Waals surface area (Å²) in [7, 11) is 0. The Morgan fingerprint density at radius 3 is 2.21 bits per heavy atom. The Balaban J connectivity index is 0.000000980. The minimum atomic E-state index is 0. The van der Waals surface area contributed by atoms with Crippen molar-refractivity contribution in [3.63, 3.8) is 0 Å². The van der Waals surface area contributed by atoms with Gasteiger partial charge in [0.25, 0.3) is 0 Å². The van der Waals surface area contributed by atoms with Crippen molar-refractivity contribution in [1.82, 2.24) is 4.90 Å². The lowest BCUT2D eigenvalue weighted by Gasteiger charge is -2.14. The Hall–Kier alpha value is -0.240. The number of benzene rings is 1. The van der Waals surface area contributed by atoms with E-state index >= 15 is 0 Å². The molecule has 0 spiro atoms. The first-order valence-electron chi connectivity index (χ1n) is 4.81. The Morgan fingerprint density at radius 2 is 1.64 bits per heavy atom. The molecule has 1 fully saturated rings. The predicted octanol–water partition coefficient (Wildman–Crippen LogP) is 3.36. The number of hydrogen-bond acceptors (Lipinski definition) is 1. The summed E-state index contributed by atoms with van der Waals surface area (Å²) in [6.45, 7) is 3.59. The summed E-state index contributed by atoms with van der Waals surface area (Å²) in [5.74, 6) is 0. The first-order chi connectivity index (χ1) is 6.34. The van der Waals surface area contributed by atoms with Gasteiger partial charge in [-0.3, -0.25) is 4.90 Å². The van der Waals surface area contributed by atoms with Crippen molar-refractivity contribution in [3.8, 4) is 0 Å². The molecular formula is C11H15Cl2N. The summed E-state index contributed by atoms with van der Waals surface area (Å²) < 4.78 is 0. The van der Waals surface area contributed by atoms with E-state index in [-0.39, 0.29) is 12.4 Å². The third-order valence-corrected chi connectivity index (χ3v) is 2.77. The molecule has 0 radical (unpaired) electrons. The highest BCUT2D eigenvalue weighted by molar-refractivity contribution is 6.30. The Morgan fingerprint density at radius 1 is 1.07 bits per heavy atom. The zero-order chi connectivity index (χ0) is 9.10. The topological polar surface area (TPSA) is 3.24 Å². The molecule has 0 aliphatic carbocycles. The molecule has 1 saturated heterocycles. The number of halogens is 2. The summed E-state index contributed by atoms with van der Waals surface area (Å²) in [6.07, 6.45) is 2.71. The van der Waals surface area contributed by atoms with Crippen LogP contribution in [0.2, 0.25) is 5.02 Å². The largest absolute Gasteiger partial charge is 0.299 e. The van der Waals surface area contributed by atoms with Crippen molar-refractivity contribution in [1.29, 1.82) is 0 Å². The van der Waals surface area contributed by atoms with Crippen LogP contribution in [0, 0.1) is 0 Å². The highest BCUT2D eigenvalue weighted by atomic mass is 35.5. The molecule has 0 amide bonds. The van der Waals surface area contributed by atoms with Crippen LogP contribution in [0.3, 0.4) is 0 Å². The molecule has 0 N–H and O–H groups in total. The van der Waals surface area contributed by atoms with Gasteiger partial charge in [0.2, 0.25) is 0 Å². The maximum Gasteiger partial charge on any atom is 0.0406 e. The molecular weight excluding hydrogens is 217 g/mol. The fourth-order valence-corrected chi connectivity index (χ4v) is 1.91. The van der Waals surface area contributed by atoms with E-state index in [1.165, 1.54) is 31.5 Å². The Kier molecular flexibility index (Phi) is 4.73. The maximum atomic E-state index is 5.81. The van der Waals surface area contributed by atoms with E-state index in [0.717, 1.165) is 11.6 Å². The second kappa shape index (κ2) is 5.59. The SMILES string of the molecule is Cl.Clc1ccc(CN2CCCC2)cc1. The van der Waals surface area contributed by atoms with Gasteiger partial charge in [-0.15, -0.1) is 12.4 Å². The third kappa shape index (κ3) is 3.16. The molecule has 2 rings (SSSR count). The van der Waals surface area contributed by atoms with E-state index in [0.29, 0.717) is 0 Å². The molecule has 0 atom stereocenters. The molecule has 14 heavy (non-hydrogen) atoms. The second-order valence-electron chi connectivity index (χ2n) is 3.61. The molecule has 0 saturated carbocycles. The average Bonchev–Trinajstić information content (AvgIpc) is 2.62. The molecule has 0 aromatic heterocycles. The lowest BCUT2D eigenvalue weighted by molar-refractivity contribution is 0.331. The van der Waals surface area contributed by atoms with Crippen molar-refractivity contribution in [2.45, 2.75) is 19.4 Å². The quantitative estimate of drug-likeness (QED) is 0.755. The van der Waals surface area contributed by atoms with E-state index in [4.69, 9.17) is 11.6 Å². The van der Waals surface area contributed by atoms with Crippen LogP contribution >= 0.6 is 24.0 Å². The maximum absolute atomic E-state index is 5.81. The summed E-state index contributed by atoms with van der Waals surface area (Å²) in [6, 6.07) is 8.15. The van der Waals surface area contributed by atoms with Crippen LogP contribution in [0.25, 0.3) is 0 Å². The van der Waals surface area contributed by atoms with Crippen molar-refractivity contribution in [2.75, 3.05) is 13.1 Å². The first kappa shape index (κ1) is 11.8. The van der Waals surface area contributed by atoms with Gasteiger partial charge in [-0.1, -0.05) is 23.7 Å². The normalized spacial score (nSPS) is 16.6.